The summed E-state index contributed by atoms with van der Waals surface area (Å²) in [6.45, 7) is 6.36. The molecule has 0 saturated carbocycles. The normalized spacial score (nSPS) is 24.1. The quantitative estimate of drug-likeness (QED) is 0.337. The highest BCUT2D eigenvalue weighted by molar-refractivity contribution is 9.10. The summed E-state index contributed by atoms with van der Waals surface area (Å²) in [6, 6.07) is 12.9. The van der Waals surface area contributed by atoms with Crippen LogP contribution in [0.2, 0.25) is 0 Å². The molecule has 4 fully saturated rings. The van der Waals surface area contributed by atoms with Gasteiger partial charge >= 0.3 is 0 Å². The maximum absolute atomic E-state index is 13.6. The average molecular weight is 829 g/mol. The van der Waals surface area contributed by atoms with Gasteiger partial charge in [-0.3, -0.25) is 43.9 Å². The Hall–Kier alpha value is -4.93. The fourth-order valence-corrected chi connectivity index (χ4v) is 9.49. The highest BCUT2D eigenvalue weighted by Gasteiger charge is 2.45. The molecule has 2 N–H and O–H groups in total. The summed E-state index contributed by atoms with van der Waals surface area (Å²) in [6.07, 6.45) is 4.58. The number of rotatable bonds is 7. The lowest BCUT2D eigenvalue weighted by Gasteiger charge is -2.43. The van der Waals surface area contributed by atoms with Gasteiger partial charge < -0.3 is 20.0 Å². The van der Waals surface area contributed by atoms with Crippen LogP contribution in [0, 0.1) is 0 Å². The Morgan fingerprint density at radius 1 is 0.857 bits per heavy atom. The van der Waals surface area contributed by atoms with E-state index in [1.807, 2.05) is 23.1 Å². The van der Waals surface area contributed by atoms with E-state index in [0.29, 0.717) is 40.4 Å². The molecule has 6 heterocycles. The summed E-state index contributed by atoms with van der Waals surface area (Å²) in [5.74, 6) is -1.68. The predicted octanol–water partition coefficient (Wildman–Crippen LogP) is 2.27. The van der Waals surface area contributed by atoms with Crippen molar-refractivity contribution in [2.24, 2.45) is 7.05 Å². The van der Waals surface area contributed by atoms with Gasteiger partial charge in [-0.15, -0.1) is 0 Å². The van der Waals surface area contributed by atoms with E-state index in [1.54, 1.807) is 25.4 Å². The lowest BCUT2D eigenvalue weighted by Crippen LogP contribution is -2.54. The number of imide groups is 2. The number of hydrogen-bond acceptors (Lipinski definition) is 11. The summed E-state index contributed by atoms with van der Waals surface area (Å²) < 4.78 is 1.78. The van der Waals surface area contributed by atoms with Crippen molar-refractivity contribution in [2.75, 3.05) is 69.6 Å². The number of carbonyl (C=O) groups is 5. The predicted molar refractivity (Wildman–Crippen MR) is 212 cm³/mol. The minimum absolute atomic E-state index is 0.0592. The molecular weight excluding hydrogens is 782 g/mol. The van der Waals surface area contributed by atoms with Gasteiger partial charge in [-0.1, -0.05) is 12.1 Å². The molecule has 15 nitrogen and oxygen atoms in total. The molecule has 8 rings (SSSR count). The van der Waals surface area contributed by atoms with E-state index < -0.39 is 29.7 Å². The van der Waals surface area contributed by atoms with Crippen LogP contribution >= 0.6 is 15.9 Å². The highest BCUT2D eigenvalue weighted by atomic mass is 79.9. The van der Waals surface area contributed by atoms with Crippen molar-refractivity contribution in [1.82, 2.24) is 34.7 Å². The zero-order valence-corrected chi connectivity index (χ0v) is 33.2. The van der Waals surface area contributed by atoms with E-state index in [2.05, 4.69) is 65.5 Å². The fraction of sp³-hybridized carbons (Fsp3) is 0.475. The second-order valence-corrected chi connectivity index (χ2v) is 16.4. The van der Waals surface area contributed by atoms with Gasteiger partial charge in [0.25, 0.3) is 23.3 Å². The molecule has 5 amide bonds. The van der Waals surface area contributed by atoms with Crippen molar-refractivity contribution in [3.63, 3.8) is 0 Å². The highest BCUT2D eigenvalue weighted by Crippen LogP contribution is 2.33. The largest absolute Gasteiger partial charge is 0.379 e. The van der Waals surface area contributed by atoms with Gasteiger partial charge in [0, 0.05) is 89.2 Å². The number of nitrogens with zero attached hydrogens (tertiary/aromatic N) is 7. The van der Waals surface area contributed by atoms with Crippen LogP contribution in [0.25, 0.3) is 0 Å². The van der Waals surface area contributed by atoms with E-state index in [-0.39, 0.29) is 41.8 Å². The number of likely N-dealkylation sites (tertiary alicyclic amines) is 2. The maximum atomic E-state index is 13.6. The second kappa shape index (κ2) is 15.5. The van der Waals surface area contributed by atoms with Gasteiger partial charge in [-0.2, -0.15) is 5.10 Å². The minimum atomic E-state index is -0.983. The first-order valence-corrected chi connectivity index (χ1v) is 20.1. The number of halogens is 1. The SMILES string of the molecule is CN1C[C@H](Nc2cnn(C)c(=O)c2Br)C[C@H](c2ccc(C(=O)N3CCC(N4CCN(c5ccc6c(c5)C(=O)N(C5CCC(=O)NC5=O)C6=O)CC4)CC3)cc2)C1. The zero-order valence-electron chi connectivity index (χ0n) is 31.6. The van der Waals surface area contributed by atoms with Crippen LogP contribution in [0.4, 0.5) is 11.4 Å². The third-order valence-electron chi connectivity index (χ3n) is 12.1. The smallest absolute Gasteiger partial charge is 0.282 e. The first kappa shape index (κ1) is 38.0. The number of amides is 5. The van der Waals surface area contributed by atoms with Crippen molar-refractivity contribution < 1.29 is 24.0 Å². The van der Waals surface area contributed by atoms with E-state index in [9.17, 15) is 28.8 Å². The molecule has 16 heteroatoms. The summed E-state index contributed by atoms with van der Waals surface area (Å²) in [7, 11) is 3.73. The third kappa shape index (κ3) is 7.37. The van der Waals surface area contributed by atoms with Gasteiger partial charge in [0.15, 0.2) is 0 Å². The van der Waals surface area contributed by atoms with Gasteiger partial charge in [-0.05, 0) is 90.5 Å². The second-order valence-electron chi connectivity index (χ2n) is 15.6. The molecule has 0 aliphatic carbocycles. The van der Waals surface area contributed by atoms with Gasteiger partial charge in [-0.25, -0.2) is 4.68 Å². The lowest BCUT2D eigenvalue weighted by molar-refractivity contribution is -0.136. The van der Waals surface area contributed by atoms with Crippen LogP contribution in [-0.4, -0.2) is 136 Å². The standard InChI is InChI=1S/C40H46BrN9O6/c1-45-22-26(19-27(23-45)43-32-21-42-46(2)40(56)35(32)41)24-3-5-25(6-4-24)37(53)49-13-11-28(12-14-49)47-15-17-48(18-16-47)29-7-8-30-31(20-29)39(55)50(38(30)54)33-9-10-34(51)44-36(33)52/h3-8,20-21,26-28,33,43H,9-19,22-23H2,1-2H3,(H,44,51,52)/t26-,27+,33?/m0/s1. The van der Waals surface area contributed by atoms with E-state index >= 15 is 0 Å². The number of fused-ring (bicyclic) bond motifs is 1. The number of aromatic nitrogens is 2. The Morgan fingerprint density at radius 2 is 1.57 bits per heavy atom. The Kier molecular flexibility index (Phi) is 10.5. The van der Waals surface area contributed by atoms with Crippen LogP contribution in [0.1, 0.15) is 74.7 Å². The van der Waals surface area contributed by atoms with Gasteiger partial charge in [0.1, 0.15) is 10.5 Å². The van der Waals surface area contributed by atoms with E-state index in [4.69, 9.17) is 0 Å². The summed E-state index contributed by atoms with van der Waals surface area (Å²) in [5.41, 5.74) is 3.83. The molecule has 5 aliphatic rings. The topological polar surface area (TPSA) is 160 Å². The number of benzene rings is 2. The van der Waals surface area contributed by atoms with Crippen LogP contribution < -0.4 is 21.1 Å². The van der Waals surface area contributed by atoms with Crippen LogP contribution in [0.15, 0.2) is 57.9 Å². The van der Waals surface area contributed by atoms with Crippen LogP contribution in [0.5, 0.6) is 0 Å². The maximum Gasteiger partial charge on any atom is 0.282 e. The average Bonchev–Trinajstić information content (AvgIpc) is 3.45. The molecule has 1 aromatic heterocycles. The summed E-state index contributed by atoms with van der Waals surface area (Å²) in [4.78, 5) is 86.5. The molecule has 3 atom stereocenters. The minimum Gasteiger partial charge on any atom is -0.379 e. The first-order valence-electron chi connectivity index (χ1n) is 19.4. The van der Waals surface area contributed by atoms with Crippen molar-refractivity contribution in [2.45, 2.75) is 56.1 Å². The number of likely N-dealkylation sites (N-methyl/N-ethyl adjacent to an activating group) is 1. The van der Waals surface area contributed by atoms with E-state index in [0.717, 1.165) is 69.1 Å². The number of piperidine rings is 3. The summed E-state index contributed by atoms with van der Waals surface area (Å²) in [5, 5.41) is 9.91. The number of aryl methyl sites for hydroxylation is 1. The molecule has 4 saturated heterocycles. The molecule has 2 aromatic carbocycles. The monoisotopic (exact) mass is 827 g/mol. The molecule has 3 aromatic rings. The third-order valence-corrected chi connectivity index (χ3v) is 12.8. The molecule has 56 heavy (non-hydrogen) atoms. The molecule has 0 bridgehead atoms. The van der Waals surface area contributed by atoms with Gasteiger partial charge in [0.2, 0.25) is 11.8 Å². The Labute approximate surface area is 333 Å². The lowest BCUT2D eigenvalue weighted by atomic mass is 9.87. The van der Waals surface area contributed by atoms with E-state index in [1.165, 1.54) is 10.2 Å². The zero-order chi connectivity index (χ0) is 39.2. The number of piperazine rings is 1. The van der Waals surface area contributed by atoms with Crippen molar-refractivity contribution in [3.05, 3.63) is 85.7 Å². The molecule has 0 spiro atoms. The molecule has 294 valence electrons. The summed E-state index contributed by atoms with van der Waals surface area (Å²) >= 11 is 3.42. The number of nitrogens with one attached hydrogen (secondary N) is 2. The van der Waals surface area contributed by atoms with Crippen LogP contribution in [0.3, 0.4) is 0 Å². The molecule has 1 unspecified atom stereocenters. The Morgan fingerprint density at radius 3 is 2.29 bits per heavy atom. The fourth-order valence-electron chi connectivity index (χ4n) is 9.01. The Bertz CT molecular complexity index is 2130. The molecule has 5 aliphatic heterocycles. The molecular formula is C40H46BrN9O6. The number of hydrogen-bond donors (Lipinski definition) is 2. The van der Waals surface area contributed by atoms with Crippen LogP contribution in [-0.2, 0) is 16.6 Å². The number of carbonyl (C=O) groups excluding carboxylic acids is 5. The van der Waals surface area contributed by atoms with Crippen molar-refractivity contribution in [3.8, 4) is 0 Å². The van der Waals surface area contributed by atoms with Crippen molar-refractivity contribution >= 4 is 56.8 Å². The van der Waals surface area contributed by atoms with Crippen molar-refractivity contribution in [1.29, 1.82) is 0 Å². The first-order chi connectivity index (χ1) is 26.9. The molecule has 0 radical (unpaired) electrons. The number of anilines is 2. The van der Waals surface area contributed by atoms with Gasteiger partial charge in [0.05, 0.1) is 23.0 Å². The Balaban J connectivity index is 0.819.